The highest BCUT2D eigenvalue weighted by molar-refractivity contribution is 5.96. The Kier molecular flexibility index (Phi) is 9.13. The first-order chi connectivity index (χ1) is 11.8. The number of hydrogen-bond donors (Lipinski definition) is 3. The molecule has 0 aromatic carbocycles. The van der Waals surface area contributed by atoms with E-state index in [1.165, 1.54) is 6.92 Å². The second-order valence-electron chi connectivity index (χ2n) is 6.65. The van der Waals surface area contributed by atoms with Crippen molar-refractivity contribution in [3.8, 4) is 0 Å². The number of hydrogen-bond acceptors (Lipinski definition) is 4. The summed E-state index contributed by atoms with van der Waals surface area (Å²) in [6.45, 7) is 9.29. The maximum atomic E-state index is 12.4. The van der Waals surface area contributed by atoms with Gasteiger partial charge in [0.1, 0.15) is 11.7 Å². The lowest BCUT2D eigenvalue weighted by Gasteiger charge is -2.21. The van der Waals surface area contributed by atoms with Crippen LogP contribution in [0.15, 0.2) is 18.2 Å². The number of aromatic nitrogens is 1. The van der Waals surface area contributed by atoms with E-state index < -0.39 is 24.0 Å². The van der Waals surface area contributed by atoms with Crippen molar-refractivity contribution in [2.24, 2.45) is 5.92 Å². The molecule has 2 atom stereocenters. The minimum Gasteiger partial charge on any atom is -0.391 e. The summed E-state index contributed by atoms with van der Waals surface area (Å²) in [5, 5.41) is 15.1. The summed E-state index contributed by atoms with van der Waals surface area (Å²) in [6, 6.07) is 4.23. The van der Waals surface area contributed by atoms with Crippen LogP contribution in [0.2, 0.25) is 0 Å². The molecule has 0 fully saturated rings. The fraction of sp³-hybridized carbons (Fsp3) is 0.579. The number of aryl methyl sites for hydroxylation is 1. The molecule has 139 valence electrons. The van der Waals surface area contributed by atoms with Crippen LogP contribution in [0.5, 0.6) is 0 Å². The number of nitrogens with zero attached hydrogens (tertiary/aromatic N) is 1. The third kappa shape index (κ3) is 7.65. The SMILES string of the molecule is CCCCc1cccc(C(=O)N[C@H](C(=O)N[CH]CC(C)C)[C@@H](C)O)n1. The molecular formula is C19H30N3O3. The second-order valence-corrected chi connectivity index (χ2v) is 6.65. The topological polar surface area (TPSA) is 91.3 Å². The Labute approximate surface area is 150 Å². The highest BCUT2D eigenvalue weighted by Gasteiger charge is 2.26. The van der Waals surface area contributed by atoms with Gasteiger partial charge in [0, 0.05) is 12.2 Å². The maximum Gasteiger partial charge on any atom is 0.270 e. The van der Waals surface area contributed by atoms with Gasteiger partial charge in [-0.05, 0) is 44.2 Å². The van der Waals surface area contributed by atoms with E-state index in [4.69, 9.17) is 0 Å². The Hall–Kier alpha value is -1.95. The molecule has 1 aromatic heterocycles. The molecule has 25 heavy (non-hydrogen) atoms. The first kappa shape index (κ1) is 21.1. The van der Waals surface area contributed by atoms with Crippen molar-refractivity contribution in [3.63, 3.8) is 0 Å². The van der Waals surface area contributed by atoms with Crippen LogP contribution < -0.4 is 10.6 Å². The maximum absolute atomic E-state index is 12.4. The number of unbranched alkanes of at least 4 members (excludes halogenated alkanes) is 1. The van der Waals surface area contributed by atoms with Crippen molar-refractivity contribution < 1.29 is 14.7 Å². The molecule has 2 amide bonds. The van der Waals surface area contributed by atoms with Crippen LogP contribution in [-0.2, 0) is 11.2 Å². The molecule has 0 aliphatic heterocycles. The van der Waals surface area contributed by atoms with Gasteiger partial charge >= 0.3 is 0 Å². The molecule has 1 rings (SSSR count). The van der Waals surface area contributed by atoms with Crippen LogP contribution in [0.3, 0.4) is 0 Å². The molecule has 6 nitrogen and oxygen atoms in total. The lowest BCUT2D eigenvalue weighted by molar-refractivity contribution is -0.124. The Morgan fingerprint density at radius 1 is 1.28 bits per heavy atom. The van der Waals surface area contributed by atoms with Gasteiger partial charge in [0.25, 0.3) is 5.91 Å². The summed E-state index contributed by atoms with van der Waals surface area (Å²) in [7, 11) is 0. The number of nitrogens with one attached hydrogen (secondary N) is 2. The highest BCUT2D eigenvalue weighted by atomic mass is 16.3. The lowest BCUT2D eigenvalue weighted by atomic mass is 10.1. The van der Waals surface area contributed by atoms with Gasteiger partial charge in [0.15, 0.2) is 0 Å². The lowest BCUT2D eigenvalue weighted by Crippen LogP contribution is -2.52. The molecule has 0 bridgehead atoms. The molecule has 0 unspecified atom stereocenters. The predicted octanol–water partition coefficient (Wildman–Crippen LogP) is 2.23. The number of pyridine rings is 1. The zero-order chi connectivity index (χ0) is 18.8. The van der Waals surface area contributed by atoms with E-state index in [1.807, 2.05) is 19.9 Å². The zero-order valence-electron chi connectivity index (χ0n) is 15.6. The molecule has 1 aromatic rings. The summed E-state index contributed by atoms with van der Waals surface area (Å²) in [5.74, 6) is -0.496. The van der Waals surface area contributed by atoms with Gasteiger partial charge in [-0.3, -0.25) is 9.59 Å². The number of aliphatic hydroxyl groups is 1. The average Bonchev–Trinajstić information content (AvgIpc) is 2.57. The third-order valence-electron chi connectivity index (χ3n) is 3.71. The van der Waals surface area contributed by atoms with Gasteiger partial charge in [-0.2, -0.15) is 0 Å². The van der Waals surface area contributed by atoms with Crippen LogP contribution in [-0.4, -0.2) is 34.1 Å². The monoisotopic (exact) mass is 348 g/mol. The van der Waals surface area contributed by atoms with Crippen molar-refractivity contribution in [1.82, 2.24) is 15.6 Å². The Morgan fingerprint density at radius 2 is 2.00 bits per heavy atom. The van der Waals surface area contributed by atoms with E-state index in [0.717, 1.165) is 25.0 Å². The summed E-state index contributed by atoms with van der Waals surface area (Å²) in [5.41, 5.74) is 1.09. The summed E-state index contributed by atoms with van der Waals surface area (Å²) >= 11 is 0. The fourth-order valence-corrected chi connectivity index (χ4v) is 2.21. The first-order valence-corrected chi connectivity index (χ1v) is 8.92. The molecule has 6 heteroatoms. The summed E-state index contributed by atoms with van der Waals surface area (Å²) in [4.78, 5) is 28.9. The number of carbonyl (C=O) groups is 2. The van der Waals surface area contributed by atoms with E-state index in [0.29, 0.717) is 12.3 Å². The van der Waals surface area contributed by atoms with Crippen molar-refractivity contribution in [2.45, 2.75) is 65.5 Å². The van der Waals surface area contributed by atoms with Gasteiger partial charge in [0.2, 0.25) is 5.91 Å². The Morgan fingerprint density at radius 3 is 2.60 bits per heavy atom. The van der Waals surface area contributed by atoms with Gasteiger partial charge in [0.05, 0.1) is 6.10 Å². The fourth-order valence-electron chi connectivity index (χ4n) is 2.21. The van der Waals surface area contributed by atoms with Gasteiger partial charge in [-0.1, -0.05) is 33.3 Å². The third-order valence-corrected chi connectivity index (χ3v) is 3.71. The van der Waals surface area contributed by atoms with E-state index in [2.05, 4.69) is 22.5 Å². The smallest absolute Gasteiger partial charge is 0.270 e. The number of amides is 2. The quantitative estimate of drug-likeness (QED) is 0.605. The van der Waals surface area contributed by atoms with Crippen LogP contribution in [0, 0.1) is 12.5 Å². The Bertz CT molecular complexity index is 559. The predicted molar refractivity (Wildman–Crippen MR) is 97.7 cm³/mol. The van der Waals surface area contributed by atoms with Crippen molar-refractivity contribution >= 4 is 11.8 Å². The molecule has 0 aliphatic rings. The van der Waals surface area contributed by atoms with Crippen molar-refractivity contribution in [3.05, 3.63) is 36.1 Å². The molecule has 0 aliphatic carbocycles. The largest absolute Gasteiger partial charge is 0.391 e. The number of aliphatic hydroxyl groups excluding tert-OH is 1. The van der Waals surface area contributed by atoms with Gasteiger partial charge in [-0.25, -0.2) is 4.98 Å². The van der Waals surface area contributed by atoms with Crippen LogP contribution in [0.25, 0.3) is 0 Å². The number of carbonyl (C=O) groups excluding carboxylic acids is 2. The van der Waals surface area contributed by atoms with Gasteiger partial charge < -0.3 is 15.7 Å². The van der Waals surface area contributed by atoms with Crippen molar-refractivity contribution in [2.75, 3.05) is 0 Å². The summed E-state index contributed by atoms with van der Waals surface area (Å²) < 4.78 is 0. The molecule has 0 saturated heterocycles. The molecule has 0 saturated carbocycles. The zero-order valence-corrected chi connectivity index (χ0v) is 15.6. The van der Waals surface area contributed by atoms with Crippen LogP contribution in [0.4, 0.5) is 0 Å². The Balaban J connectivity index is 2.71. The molecular weight excluding hydrogens is 318 g/mol. The average molecular weight is 348 g/mol. The van der Waals surface area contributed by atoms with Crippen LogP contribution >= 0.6 is 0 Å². The van der Waals surface area contributed by atoms with E-state index >= 15 is 0 Å². The van der Waals surface area contributed by atoms with Gasteiger partial charge in [-0.15, -0.1) is 0 Å². The molecule has 1 heterocycles. The normalized spacial score (nSPS) is 13.4. The molecule has 0 spiro atoms. The van der Waals surface area contributed by atoms with E-state index in [-0.39, 0.29) is 5.69 Å². The first-order valence-electron chi connectivity index (χ1n) is 8.92. The molecule has 3 N–H and O–H groups in total. The van der Waals surface area contributed by atoms with Crippen molar-refractivity contribution in [1.29, 1.82) is 0 Å². The van der Waals surface area contributed by atoms with Crippen LogP contribution in [0.1, 0.15) is 63.1 Å². The van der Waals surface area contributed by atoms with E-state index in [1.54, 1.807) is 18.7 Å². The minimum absolute atomic E-state index is 0.248. The standard InChI is InChI=1S/C19H30N3O3/c1-5-6-8-15-9-7-10-16(21-15)18(24)22-17(14(4)23)19(25)20-12-11-13(2)3/h7,9-10,12-14,17,23H,5-6,8,11H2,1-4H3,(H,20,25)(H,22,24)/t14-,17+/m1/s1. The molecule has 1 radical (unpaired) electrons. The second kappa shape index (κ2) is 10.8. The minimum atomic E-state index is -1.03. The number of rotatable bonds is 10. The summed E-state index contributed by atoms with van der Waals surface area (Å²) in [6.07, 6.45) is 2.56. The highest BCUT2D eigenvalue weighted by Crippen LogP contribution is 2.06. The van der Waals surface area contributed by atoms with E-state index in [9.17, 15) is 14.7 Å².